The number of hydrogen-bond acceptors (Lipinski definition) is 1. The average molecular weight is 373 g/mol. The SMILES string of the molecule is c1ccc2cc3c(cc2c1)sc1c2[nH]c4ccccc4c2c2ccccc2c31. The summed E-state index contributed by atoms with van der Waals surface area (Å²) in [6, 6.07) is 30.9. The molecule has 1 nitrogen and oxygen atoms in total. The van der Waals surface area contributed by atoms with E-state index >= 15 is 0 Å². The van der Waals surface area contributed by atoms with Crippen molar-refractivity contribution in [1.82, 2.24) is 4.98 Å². The molecule has 5 aromatic carbocycles. The summed E-state index contributed by atoms with van der Waals surface area (Å²) in [7, 11) is 0. The lowest BCUT2D eigenvalue weighted by atomic mass is 9.98. The van der Waals surface area contributed by atoms with Crippen molar-refractivity contribution in [1.29, 1.82) is 0 Å². The quantitative estimate of drug-likeness (QED) is 0.277. The van der Waals surface area contributed by atoms with E-state index in [4.69, 9.17) is 0 Å². The maximum absolute atomic E-state index is 3.73. The van der Waals surface area contributed by atoms with Gasteiger partial charge in [-0.2, -0.15) is 0 Å². The van der Waals surface area contributed by atoms with Gasteiger partial charge in [0.2, 0.25) is 0 Å². The van der Waals surface area contributed by atoms with Crippen LogP contribution in [-0.2, 0) is 0 Å². The predicted molar refractivity (Wildman–Crippen MR) is 124 cm³/mol. The number of rotatable bonds is 0. The van der Waals surface area contributed by atoms with E-state index in [-0.39, 0.29) is 0 Å². The van der Waals surface area contributed by atoms with Crippen molar-refractivity contribution < 1.29 is 0 Å². The molecular formula is C26H15NS. The van der Waals surface area contributed by atoms with Crippen molar-refractivity contribution >= 4 is 74.9 Å². The highest BCUT2D eigenvalue weighted by Gasteiger charge is 2.17. The first-order valence-corrected chi connectivity index (χ1v) is 10.4. The summed E-state index contributed by atoms with van der Waals surface area (Å²) in [4.78, 5) is 3.73. The minimum Gasteiger partial charge on any atom is -0.353 e. The number of benzene rings is 5. The van der Waals surface area contributed by atoms with E-state index < -0.39 is 0 Å². The zero-order valence-electron chi connectivity index (χ0n) is 15.0. The number of fused-ring (bicyclic) bond motifs is 11. The number of nitrogens with one attached hydrogen (secondary N) is 1. The van der Waals surface area contributed by atoms with Crippen LogP contribution in [0.3, 0.4) is 0 Å². The van der Waals surface area contributed by atoms with Gasteiger partial charge in [-0.15, -0.1) is 11.3 Å². The van der Waals surface area contributed by atoms with Crippen LogP contribution in [0.4, 0.5) is 0 Å². The van der Waals surface area contributed by atoms with Crippen molar-refractivity contribution in [2.24, 2.45) is 0 Å². The minimum absolute atomic E-state index is 1.21. The molecule has 2 heteroatoms. The summed E-state index contributed by atoms with van der Waals surface area (Å²) in [6.45, 7) is 0. The molecule has 0 saturated carbocycles. The van der Waals surface area contributed by atoms with Crippen LogP contribution < -0.4 is 0 Å². The standard InChI is InChI=1S/C26H15NS/c1-2-8-16-14-22-20(13-15(16)7-1)24-18-10-4-3-9-17(18)23-19-11-5-6-12-21(19)27-25(23)26(24)28-22/h1-14,27H. The Morgan fingerprint density at radius 2 is 1.21 bits per heavy atom. The molecule has 130 valence electrons. The monoisotopic (exact) mass is 373 g/mol. The molecule has 0 spiro atoms. The number of para-hydroxylation sites is 1. The van der Waals surface area contributed by atoms with Gasteiger partial charge in [0.1, 0.15) is 0 Å². The minimum atomic E-state index is 1.21. The van der Waals surface area contributed by atoms with Gasteiger partial charge in [0, 0.05) is 31.8 Å². The molecule has 0 saturated heterocycles. The Bertz CT molecular complexity index is 1720. The van der Waals surface area contributed by atoms with Gasteiger partial charge in [0.15, 0.2) is 0 Å². The fourth-order valence-electron chi connectivity index (χ4n) is 4.74. The molecule has 0 amide bonds. The summed E-state index contributed by atoms with van der Waals surface area (Å²) < 4.78 is 2.71. The van der Waals surface area contributed by atoms with Gasteiger partial charge in [-0.05, 0) is 39.7 Å². The second-order valence-corrected chi connectivity index (χ2v) is 8.52. The number of aromatic amines is 1. The average Bonchev–Trinajstić information content (AvgIpc) is 3.31. The molecule has 0 aliphatic rings. The molecule has 1 N–H and O–H groups in total. The Labute approximate surface area is 164 Å². The lowest BCUT2D eigenvalue weighted by Gasteiger charge is -2.05. The van der Waals surface area contributed by atoms with Crippen molar-refractivity contribution in [3.8, 4) is 0 Å². The van der Waals surface area contributed by atoms with Crippen LogP contribution in [0.5, 0.6) is 0 Å². The van der Waals surface area contributed by atoms with E-state index in [1.165, 1.54) is 63.5 Å². The number of thiophene rings is 1. The normalized spacial score (nSPS) is 12.3. The van der Waals surface area contributed by atoms with Crippen LogP contribution in [0.1, 0.15) is 0 Å². The van der Waals surface area contributed by atoms with Gasteiger partial charge in [-0.25, -0.2) is 0 Å². The van der Waals surface area contributed by atoms with Crippen molar-refractivity contribution in [3.63, 3.8) is 0 Å². The maximum Gasteiger partial charge on any atom is 0.0653 e. The highest BCUT2D eigenvalue weighted by atomic mass is 32.1. The lowest BCUT2D eigenvalue weighted by molar-refractivity contribution is 1.57. The highest BCUT2D eigenvalue weighted by molar-refractivity contribution is 7.27. The first-order chi connectivity index (χ1) is 13.9. The van der Waals surface area contributed by atoms with Crippen molar-refractivity contribution in [2.45, 2.75) is 0 Å². The van der Waals surface area contributed by atoms with Crippen LogP contribution in [0, 0.1) is 0 Å². The van der Waals surface area contributed by atoms with Gasteiger partial charge in [-0.3, -0.25) is 0 Å². The first kappa shape index (κ1) is 14.7. The summed E-state index contributed by atoms with van der Waals surface area (Å²) in [5.74, 6) is 0. The Morgan fingerprint density at radius 3 is 2.04 bits per heavy atom. The van der Waals surface area contributed by atoms with Gasteiger partial charge in [-0.1, -0.05) is 66.7 Å². The van der Waals surface area contributed by atoms with Gasteiger partial charge >= 0.3 is 0 Å². The van der Waals surface area contributed by atoms with Gasteiger partial charge in [0.25, 0.3) is 0 Å². The molecule has 7 rings (SSSR count). The van der Waals surface area contributed by atoms with Crippen LogP contribution in [0.15, 0.2) is 84.9 Å². The van der Waals surface area contributed by atoms with Gasteiger partial charge < -0.3 is 4.98 Å². The molecule has 0 aliphatic heterocycles. The second-order valence-electron chi connectivity index (χ2n) is 7.47. The largest absolute Gasteiger partial charge is 0.353 e. The Kier molecular flexibility index (Phi) is 2.68. The molecule has 28 heavy (non-hydrogen) atoms. The molecule has 0 radical (unpaired) electrons. The smallest absolute Gasteiger partial charge is 0.0653 e. The van der Waals surface area contributed by atoms with E-state index in [1.54, 1.807) is 0 Å². The zero-order chi connectivity index (χ0) is 18.2. The predicted octanol–water partition coefficient (Wildman–Crippen LogP) is 8.00. The molecule has 2 heterocycles. The van der Waals surface area contributed by atoms with Crippen LogP contribution in [0.25, 0.3) is 63.5 Å². The molecule has 7 aromatic rings. The number of aromatic nitrogens is 1. The summed E-state index contributed by atoms with van der Waals surface area (Å²) in [5, 5.41) is 10.7. The van der Waals surface area contributed by atoms with E-state index in [0.717, 1.165) is 0 Å². The van der Waals surface area contributed by atoms with E-state index in [2.05, 4.69) is 89.9 Å². The van der Waals surface area contributed by atoms with Gasteiger partial charge in [0.05, 0.1) is 10.2 Å². The van der Waals surface area contributed by atoms with Crippen LogP contribution in [-0.4, -0.2) is 4.98 Å². The molecule has 0 aliphatic carbocycles. The zero-order valence-corrected chi connectivity index (χ0v) is 15.8. The third-order valence-electron chi connectivity index (χ3n) is 5.96. The van der Waals surface area contributed by atoms with Crippen molar-refractivity contribution in [2.75, 3.05) is 0 Å². The second kappa shape index (κ2) is 5.12. The van der Waals surface area contributed by atoms with Crippen molar-refractivity contribution in [3.05, 3.63) is 84.9 Å². The summed E-state index contributed by atoms with van der Waals surface area (Å²) in [5.41, 5.74) is 2.47. The topological polar surface area (TPSA) is 15.8 Å². The van der Waals surface area contributed by atoms with Crippen LogP contribution >= 0.6 is 11.3 Å². The third-order valence-corrected chi connectivity index (χ3v) is 7.13. The maximum atomic E-state index is 3.73. The molecular weight excluding hydrogens is 358 g/mol. The molecule has 0 bridgehead atoms. The molecule has 0 unspecified atom stereocenters. The highest BCUT2D eigenvalue weighted by Crippen LogP contribution is 2.46. The molecule has 0 atom stereocenters. The molecule has 2 aromatic heterocycles. The third kappa shape index (κ3) is 1.76. The fraction of sp³-hybridized carbons (Fsp3) is 0. The number of H-pyrrole nitrogens is 1. The fourth-order valence-corrected chi connectivity index (χ4v) is 5.99. The Morgan fingerprint density at radius 1 is 0.571 bits per heavy atom. The van der Waals surface area contributed by atoms with E-state index in [0.29, 0.717) is 0 Å². The summed E-state index contributed by atoms with van der Waals surface area (Å²) in [6.07, 6.45) is 0. The molecule has 0 fully saturated rings. The summed E-state index contributed by atoms with van der Waals surface area (Å²) >= 11 is 1.90. The Hall–Kier alpha value is -3.36. The Balaban J connectivity index is 1.85. The van der Waals surface area contributed by atoms with E-state index in [9.17, 15) is 0 Å². The van der Waals surface area contributed by atoms with E-state index in [1.807, 2.05) is 11.3 Å². The van der Waals surface area contributed by atoms with Crippen LogP contribution in [0.2, 0.25) is 0 Å². The lowest BCUT2D eigenvalue weighted by Crippen LogP contribution is -1.78. The first-order valence-electron chi connectivity index (χ1n) is 9.54. The number of hydrogen-bond donors (Lipinski definition) is 1.